The fourth-order valence-corrected chi connectivity index (χ4v) is 2.48. The van der Waals surface area contributed by atoms with Crippen LogP contribution in [0.3, 0.4) is 0 Å². The topological polar surface area (TPSA) is 116 Å². The number of nitrogens with two attached hydrogens (primary N) is 1. The van der Waals surface area contributed by atoms with Gasteiger partial charge in [-0.05, 0) is 38.5 Å². The molecule has 1 rings (SSSR count). The van der Waals surface area contributed by atoms with Crippen LogP contribution in [0.4, 0.5) is 5.69 Å². The SMILES string of the molecule is CCOC(=O)c1cc(NC(=O)CCC(C)N)cc(S(C)(=O)=O)c1. The van der Waals surface area contributed by atoms with Crippen molar-refractivity contribution in [3.05, 3.63) is 23.8 Å². The van der Waals surface area contributed by atoms with Crippen LogP contribution in [0.2, 0.25) is 0 Å². The Bertz CT molecular complexity index is 683. The van der Waals surface area contributed by atoms with Gasteiger partial charge in [0.1, 0.15) is 0 Å². The van der Waals surface area contributed by atoms with Crippen LogP contribution in [-0.2, 0) is 19.4 Å². The first kappa shape index (κ1) is 19.1. The maximum Gasteiger partial charge on any atom is 0.338 e. The van der Waals surface area contributed by atoms with Gasteiger partial charge in [0.15, 0.2) is 9.84 Å². The van der Waals surface area contributed by atoms with Crippen molar-refractivity contribution in [1.29, 1.82) is 0 Å². The van der Waals surface area contributed by atoms with E-state index in [1.54, 1.807) is 13.8 Å². The Hall–Kier alpha value is -1.93. The molecule has 1 unspecified atom stereocenters. The highest BCUT2D eigenvalue weighted by Crippen LogP contribution is 2.20. The lowest BCUT2D eigenvalue weighted by molar-refractivity contribution is -0.116. The summed E-state index contributed by atoms with van der Waals surface area (Å²) in [6.07, 6.45) is 1.73. The Morgan fingerprint density at radius 1 is 1.30 bits per heavy atom. The van der Waals surface area contributed by atoms with Gasteiger partial charge in [-0.1, -0.05) is 0 Å². The van der Waals surface area contributed by atoms with Crippen molar-refractivity contribution in [2.24, 2.45) is 5.73 Å². The molecule has 0 aromatic heterocycles. The molecule has 0 aliphatic heterocycles. The number of carbonyl (C=O) groups excluding carboxylic acids is 2. The zero-order chi connectivity index (χ0) is 17.6. The van der Waals surface area contributed by atoms with Gasteiger partial charge in [0.2, 0.25) is 5.91 Å². The van der Waals surface area contributed by atoms with Gasteiger partial charge < -0.3 is 15.8 Å². The van der Waals surface area contributed by atoms with Crippen molar-refractivity contribution >= 4 is 27.4 Å². The van der Waals surface area contributed by atoms with E-state index in [9.17, 15) is 18.0 Å². The Morgan fingerprint density at radius 3 is 2.48 bits per heavy atom. The van der Waals surface area contributed by atoms with Crippen LogP contribution >= 0.6 is 0 Å². The van der Waals surface area contributed by atoms with E-state index in [0.29, 0.717) is 6.42 Å². The molecule has 0 aliphatic rings. The maximum absolute atomic E-state index is 11.9. The molecular weight excluding hydrogens is 320 g/mol. The van der Waals surface area contributed by atoms with Gasteiger partial charge in [-0.3, -0.25) is 4.79 Å². The van der Waals surface area contributed by atoms with Crippen LogP contribution < -0.4 is 11.1 Å². The monoisotopic (exact) mass is 342 g/mol. The third-order valence-electron chi connectivity index (χ3n) is 2.96. The Labute approximate surface area is 136 Å². The number of amides is 1. The lowest BCUT2D eigenvalue weighted by Crippen LogP contribution is -2.19. The summed E-state index contributed by atoms with van der Waals surface area (Å²) in [5, 5.41) is 2.58. The van der Waals surface area contributed by atoms with Crippen LogP contribution in [0.15, 0.2) is 23.1 Å². The molecule has 0 spiro atoms. The fourth-order valence-electron chi connectivity index (χ4n) is 1.80. The van der Waals surface area contributed by atoms with E-state index in [-0.39, 0.29) is 41.1 Å². The van der Waals surface area contributed by atoms with Gasteiger partial charge in [-0.25, -0.2) is 13.2 Å². The standard InChI is InChI=1S/C15H22N2O5S/c1-4-22-15(19)11-7-12(9-13(8-11)23(3,20)21)17-14(18)6-5-10(2)16/h7-10H,4-6,16H2,1-3H3,(H,17,18). The fraction of sp³-hybridized carbons (Fsp3) is 0.467. The highest BCUT2D eigenvalue weighted by Gasteiger charge is 2.16. The van der Waals surface area contributed by atoms with Crippen molar-refractivity contribution in [3.63, 3.8) is 0 Å². The van der Waals surface area contributed by atoms with Crippen LogP contribution in [0.25, 0.3) is 0 Å². The van der Waals surface area contributed by atoms with Gasteiger partial charge in [0.05, 0.1) is 17.1 Å². The van der Waals surface area contributed by atoms with Gasteiger partial charge >= 0.3 is 5.97 Å². The third-order valence-corrected chi connectivity index (χ3v) is 4.05. The minimum Gasteiger partial charge on any atom is -0.462 e. The van der Waals surface area contributed by atoms with Crippen LogP contribution in [0, 0.1) is 0 Å². The molecule has 128 valence electrons. The molecule has 23 heavy (non-hydrogen) atoms. The first-order chi connectivity index (χ1) is 10.6. The van der Waals surface area contributed by atoms with Crippen LogP contribution in [0.5, 0.6) is 0 Å². The summed E-state index contributed by atoms with van der Waals surface area (Å²) in [6, 6.07) is 3.81. The van der Waals surface area contributed by atoms with Crippen molar-refractivity contribution in [2.75, 3.05) is 18.2 Å². The quantitative estimate of drug-likeness (QED) is 0.722. The zero-order valence-electron chi connectivity index (χ0n) is 13.5. The second-order valence-corrected chi connectivity index (χ2v) is 7.32. The van der Waals surface area contributed by atoms with E-state index in [1.807, 2.05) is 0 Å². The molecule has 8 heteroatoms. The number of rotatable bonds is 7. The molecule has 0 bridgehead atoms. The molecular formula is C15H22N2O5S. The molecule has 3 N–H and O–H groups in total. The third kappa shape index (κ3) is 6.37. The smallest absolute Gasteiger partial charge is 0.338 e. The summed E-state index contributed by atoms with van der Waals surface area (Å²) < 4.78 is 28.3. The molecule has 1 aromatic rings. The van der Waals surface area contributed by atoms with Crippen molar-refractivity contribution in [2.45, 2.75) is 37.6 Å². The van der Waals surface area contributed by atoms with E-state index in [1.165, 1.54) is 18.2 Å². The number of esters is 1. The van der Waals surface area contributed by atoms with E-state index in [4.69, 9.17) is 10.5 Å². The van der Waals surface area contributed by atoms with Gasteiger partial charge in [0, 0.05) is 24.4 Å². The highest BCUT2D eigenvalue weighted by atomic mass is 32.2. The minimum atomic E-state index is -3.54. The van der Waals surface area contributed by atoms with Gasteiger partial charge in [0.25, 0.3) is 0 Å². The number of anilines is 1. The average Bonchev–Trinajstić information content (AvgIpc) is 2.44. The molecule has 7 nitrogen and oxygen atoms in total. The minimum absolute atomic E-state index is 0.0643. The number of sulfone groups is 1. The van der Waals surface area contributed by atoms with E-state index in [0.717, 1.165) is 6.26 Å². The summed E-state index contributed by atoms with van der Waals surface area (Å²) in [5.74, 6) is -0.952. The van der Waals surface area contributed by atoms with Crippen molar-refractivity contribution < 1.29 is 22.7 Å². The summed E-state index contributed by atoms with van der Waals surface area (Å²) in [7, 11) is -3.54. The molecule has 1 atom stereocenters. The Kier molecular flexibility index (Phi) is 6.71. The van der Waals surface area contributed by atoms with E-state index in [2.05, 4.69) is 5.32 Å². The normalized spacial score (nSPS) is 12.5. The number of benzene rings is 1. The average molecular weight is 342 g/mol. The second kappa shape index (κ2) is 8.07. The molecule has 0 heterocycles. The molecule has 0 fully saturated rings. The largest absolute Gasteiger partial charge is 0.462 e. The molecule has 1 aromatic carbocycles. The van der Waals surface area contributed by atoms with Crippen molar-refractivity contribution in [3.8, 4) is 0 Å². The summed E-state index contributed by atoms with van der Waals surface area (Å²) >= 11 is 0. The van der Waals surface area contributed by atoms with Gasteiger partial charge in [-0.2, -0.15) is 0 Å². The van der Waals surface area contributed by atoms with Crippen LogP contribution in [0.1, 0.15) is 37.0 Å². The van der Waals surface area contributed by atoms with E-state index >= 15 is 0 Å². The lowest BCUT2D eigenvalue weighted by atomic mass is 10.1. The summed E-state index contributed by atoms with van der Waals surface area (Å²) in [6.45, 7) is 3.60. The molecule has 0 saturated heterocycles. The van der Waals surface area contributed by atoms with Crippen LogP contribution in [-0.4, -0.2) is 39.2 Å². The number of nitrogens with one attached hydrogen (secondary N) is 1. The maximum atomic E-state index is 11.9. The zero-order valence-corrected chi connectivity index (χ0v) is 14.3. The predicted molar refractivity (Wildman–Crippen MR) is 87.0 cm³/mol. The lowest BCUT2D eigenvalue weighted by Gasteiger charge is -2.10. The number of ether oxygens (including phenoxy) is 1. The Morgan fingerprint density at radius 2 is 1.96 bits per heavy atom. The molecule has 1 amide bonds. The molecule has 0 aliphatic carbocycles. The summed E-state index contributed by atoms with van der Waals surface area (Å²) in [4.78, 5) is 23.6. The highest BCUT2D eigenvalue weighted by molar-refractivity contribution is 7.90. The number of hydrogen-bond acceptors (Lipinski definition) is 6. The first-order valence-corrected chi connectivity index (χ1v) is 9.10. The Balaban J connectivity index is 3.08. The molecule has 0 radical (unpaired) electrons. The molecule has 0 saturated carbocycles. The summed E-state index contributed by atoms with van der Waals surface area (Å²) in [5.41, 5.74) is 5.89. The van der Waals surface area contributed by atoms with Crippen molar-refractivity contribution in [1.82, 2.24) is 0 Å². The second-order valence-electron chi connectivity index (χ2n) is 5.30. The predicted octanol–water partition coefficient (Wildman–Crippen LogP) is 1.33. The van der Waals surface area contributed by atoms with E-state index < -0.39 is 15.8 Å². The first-order valence-electron chi connectivity index (χ1n) is 7.21. The number of carbonyl (C=O) groups is 2. The van der Waals surface area contributed by atoms with Gasteiger partial charge in [-0.15, -0.1) is 0 Å². The number of hydrogen-bond donors (Lipinski definition) is 2.